The molecule has 0 radical (unpaired) electrons. The molecule has 0 rings (SSSR count). The molecular weight excluding hydrogens is 166 g/mol. The zero-order valence-electron chi connectivity index (χ0n) is 16.2. The number of ether oxygens (including phenoxy) is 2. The first-order chi connectivity index (χ1) is 9.36. The molecule has 0 heterocycles. The lowest BCUT2D eigenvalue weighted by Crippen LogP contribution is -2.20. The molecule has 0 spiro atoms. The molecular formula is C10H23NO2. The molecule has 0 aromatic carbocycles. The van der Waals surface area contributed by atoms with Gasteiger partial charge in [0.25, 0.3) is 0 Å². The van der Waals surface area contributed by atoms with Crippen molar-refractivity contribution in [1.29, 1.82) is 0 Å². The summed E-state index contributed by atoms with van der Waals surface area (Å²) < 4.78 is 69.6. The molecule has 0 aromatic rings. The van der Waals surface area contributed by atoms with Gasteiger partial charge in [-0.1, -0.05) is 0 Å². The summed E-state index contributed by atoms with van der Waals surface area (Å²) in [7, 11) is 0. The van der Waals surface area contributed by atoms with E-state index in [2.05, 4.69) is 0 Å². The fraction of sp³-hybridized carbons (Fsp3) is 1.00. The Morgan fingerprint density at radius 3 is 2.38 bits per heavy atom. The summed E-state index contributed by atoms with van der Waals surface area (Å²) in [5, 5.41) is 0. The molecule has 0 saturated carbocycles. The molecule has 0 N–H and O–H groups in total. The molecule has 0 fully saturated rings. The van der Waals surface area contributed by atoms with Crippen LogP contribution in [0.4, 0.5) is 0 Å². The Hall–Kier alpha value is -0.120. The van der Waals surface area contributed by atoms with Crippen LogP contribution in [0.2, 0.25) is 0 Å². The van der Waals surface area contributed by atoms with Crippen molar-refractivity contribution in [3.05, 3.63) is 0 Å². The SMILES string of the molecule is [2H]C([2H])([2H])N(C([2H])([2H])[2H])C([2H])([2H])CCC(OCC)OCC. The summed E-state index contributed by atoms with van der Waals surface area (Å²) in [6, 6.07) is 0. The summed E-state index contributed by atoms with van der Waals surface area (Å²) in [4.78, 5) is -0.0536. The van der Waals surface area contributed by atoms with E-state index in [1.807, 2.05) is 0 Å². The second kappa shape index (κ2) is 8.48. The maximum absolute atomic E-state index is 7.81. The summed E-state index contributed by atoms with van der Waals surface area (Å²) in [5.41, 5.74) is 0. The van der Waals surface area contributed by atoms with Crippen LogP contribution < -0.4 is 0 Å². The minimum Gasteiger partial charge on any atom is -0.353 e. The first kappa shape index (κ1) is 4.60. The highest BCUT2D eigenvalue weighted by Gasteiger charge is 2.06. The van der Waals surface area contributed by atoms with Crippen molar-refractivity contribution in [2.75, 3.05) is 33.7 Å². The number of rotatable bonds is 8. The number of nitrogens with zero attached hydrogens (tertiary/aromatic N) is 1. The minimum absolute atomic E-state index is 0.0529. The van der Waals surface area contributed by atoms with Crippen LogP contribution in [0.1, 0.15) is 37.7 Å². The summed E-state index contributed by atoms with van der Waals surface area (Å²) in [6.45, 7) is -4.46. The van der Waals surface area contributed by atoms with Gasteiger partial charge in [-0.2, -0.15) is 0 Å². The fourth-order valence-corrected chi connectivity index (χ4v) is 0.881. The van der Waals surface area contributed by atoms with Crippen molar-refractivity contribution in [1.82, 2.24) is 4.90 Å². The summed E-state index contributed by atoms with van der Waals surface area (Å²) >= 11 is 0. The highest BCUT2D eigenvalue weighted by atomic mass is 16.7. The molecule has 0 atom stereocenters. The first-order valence-corrected chi connectivity index (χ1v) is 4.40. The molecule has 0 saturated heterocycles. The van der Waals surface area contributed by atoms with Gasteiger partial charge in [-0.3, -0.25) is 0 Å². The van der Waals surface area contributed by atoms with Gasteiger partial charge in [-0.25, -0.2) is 0 Å². The predicted molar refractivity (Wildman–Crippen MR) is 54.8 cm³/mol. The second-order valence-electron chi connectivity index (χ2n) is 2.37. The van der Waals surface area contributed by atoms with Crippen LogP contribution >= 0.6 is 0 Å². The van der Waals surface area contributed by atoms with Crippen LogP contribution in [0.3, 0.4) is 0 Å². The van der Waals surface area contributed by atoms with Gasteiger partial charge in [0.2, 0.25) is 0 Å². The van der Waals surface area contributed by atoms with Crippen LogP contribution in [0.5, 0.6) is 0 Å². The minimum atomic E-state index is -3.07. The van der Waals surface area contributed by atoms with Gasteiger partial charge in [0.05, 0.1) is 0 Å². The summed E-state index contributed by atoms with van der Waals surface area (Å²) in [6.07, 6.45) is -0.976. The predicted octanol–water partition coefficient (Wildman–Crippen LogP) is 1.73. The maximum Gasteiger partial charge on any atom is 0.157 e. The van der Waals surface area contributed by atoms with E-state index in [0.717, 1.165) is 0 Å². The summed E-state index contributed by atoms with van der Waals surface area (Å²) in [5.74, 6) is 0. The number of hydrogen-bond donors (Lipinski definition) is 0. The van der Waals surface area contributed by atoms with E-state index in [-0.39, 0.29) is 17.7 Å². The number of hydrogen-bond acceptors (Lipinski definition) is 3. The topological polar surface area (TPSA) is 21.7 Å². The largest absolute Gasteiger partial charge is 0.353 e. The van der Waals surface area contributed by atoms with Crippen molar-refractivity contribution in [3.8, 4) is 0 Å². The van der Waals surface area contributed by atoms with Crippen LogP contribution in [0, 0.1) is 0 Å². The van der Waals surface area contributed by atoms with Crippen molar-refractivity contribution in [2.24, 2.45) is 0 Å². The zero-order valence-corrected chi connectivity index (χ0v) is 8.17. The molecule has 3 nitrogen and oxygen atoms in total. The Morgan fingerprint density at radius 1 is 1.31 bits per heavy atom. The highest BCUT2D eigenvalue weighted by molar-refractivity contribution is 4.49. The monoisotopic (exact) mass is 197 g/mol. The quantitative estimate of drug-likeness (QED) is 0.553. The van der Waals surface area contributed by atoms with Crippen molar-refractivity contribution in [2.45, 2.75) is 33.0 Å². The average Bonchev–Trinajstić information content (AvgIpc) is 2.21. The highest BCUT2D eigenvalue weighted by Crippen LogP contribution is 2.04. The van der Waals surface area contributed by atoms with Gasteiger partial charge in [-0.05, 0) is 47.1 Å². The molecule has 0 aromatic heterocycles. The second-order valence-corrected chi connectivity index (χ2v) is 2.37. The Bertz CT molecular complexity index is 284. The smallest absolute Gasteiger partial charge is 0.157 e. The van der Waals surface area contributed by atoms with E-state index >= 15 is 0 Å². The van der Waals surface area contributed by atoms with E-state index in [9.17, 15) is 0 Å². The Labute approximate surface area is 93.3 Å². The maximum atomic E-state index is 7.81. The van der Waals surface area contributed by atoms with Gasteiger partial charge < -0.3 is 14.4 Å². The van der Waals surface area contributed by atoms with E-state index in [1.54, 1.807) is 13.8 Å². The molecule has 0 bridgehead atoms. The fourth-order valence-electron chi connectivity index (χ4n) is 0.881. The molecule has 80 valence electrons. The van der Waals surface area contributed by atoms with Crippen LogP contribution in [-0.2, 0) is 9.47 Å². The Morgan fingerprint density at radius 2 is 1.92 bits per heavy atom. The average molecular weight is 197 g/mol. The van der Waals surface area contributed by atoms with Gasteiger partial charge in [0, 0.05) is 24.2 Å². The molecule has 0 aliphatic carbocycles. The standard InChI is InChI=1S/C10H23NO2/c1-5-12-10(13-6-2)8-7-9-11(3)4/h10H,5-9H2,1-4H3/i3D3,4D3,9D2. The van der Waals surface area contributed by atoms with E-state index in [0.29, 0.717) is 13.2 Å². The Balaban J connectivity index is 4.98. The van der Waals surface area contributed by atoms with E-state index in [1.165, 1.54) is 0 Å². The lowest BCUT2D eigenvalue weighted by Gasteiger charge is -2.17. The lowest BCUT2D eigenvalue weighted by atomic mass is 10.3. The molecule has 3 heteroatoms. The molecule has 13 heavy (non-hydrogen) atoms. The Kier molecular flexibility index (Phi) is 3.00. The first-order valence-electron chi connectivity index (χ1n) is 8.40. The van der Waals surface area contributed by atoms with Gasteiger partial charge >= 0.3 is 0 Å². The van der Waals surface area contributed by atoms with Crippen LogP contribution in [-0.4, -0.2) is 44.9 Å². The van der Waals surface area contributed by atoms with Crippen LogP contribution in [0.25, 0.3) is 0 Å². The molecule has 0 unspecified atom stereocenters. The third-order valence-corrected chi connectivity index (χ3v) is 1.36. The third kappa shape index (κ3) is 8.22. The third-order valence-electron chi connectivity index (χ3n) is 1.36. The molecule has 0 amide bonds. The van der Waals surface area contributed by atoms with Crippen molar-refractivity contribution < 1.29 is 20.4 Å². The van der Waals surface area contributed by atoms with E-state index < -0.39 is 26.7 Å². The van der Waals surface area contributed by atoms with Gasteiger partial charge in [0.15, 0.2) is 6.29 Å². The van der Waals surface area contributed by atoms with Crippen molar-refractivity contribution >= 4 is 0 Å². The lowest BCUT2D eigenvalue weighted by molar-refractivity contribution is -0.140. The van der Waals surface area contributed by atoms with Gasteiger partial charge in [-0.15, -0.1) is 0 Å². The zero-order chi connectivity index (χ0) is 16.9. The van der Waals surface area contributed by atoms with Crippen LogP contribution in [0.15, 0.2) is 0 Å². The normalized spacial score (nSPS) is 23.7. The van der Waals surface area contributed by atoms with Gasteiger partial charge in [0.1, 0.15) is 0 Å². The van der Waals surface area contributed by atoms with E-state index in [4.69, 9.17) is 20.4 Å². The molecule has 0 aliphatic heterocycles. The molecule has 0 aliphatic rings. The van der Waals surface area contributed by atoms with Crippen molar-refractivity contribution in [3.63, 3.8) is 0 Å².